The summed E-state index contributed by atoms with van der Waals surface area (Å²) in [5, 5.41) is 2.84. The van der Waals surface area contributed by atoms with Gasteiger partial charge in [-0.05, 0) is 42.8 Å². The Hall–Kier alpha value is -1.46. The number of benzene rings is 2. The Morgan fingerprint density at radius 1 is 1.24 bits per heavy atom. The van der Waals surface area contributed by atoms with Gasteiger partial charge in [-0.1, -0.05) is 33.6 Å². The molecular formula is C15H11BrClF2NO. The van der Waals surface area contributed by atoms with Gasteiger partial charge in [0.15, 0.2) is 0 Å². The van der Waals surface area contributed by atoms with Crippen LogP contribution >= 0.6 is 27.5 Å². The van der Waals surface area contributed by atoms with Crippen molar-refractivity contribution in [2.45, 2.75) is 13.0 Å². The molecule has 0 aromatic heterocycles. The molecule has 1 amide bonds. The highest BCUT2D eigenvalue weighted by Crippen LogP contribution is 2.24. The third-order valence-corrected chi connectivity index (χ3v) is 3.77. The van der Waals surface area contributed by atoms with E-state index in [9.17, 15) is 13.6 Å². The average Bonchev–Trinajstić information content (AvgIpc) is 2.41. The summed E-state index contributed by atoms with van der Waals surface area (Å²) in [7, 11) is 0. The molecule has 0 aliphatic heterocycles. The van der Waals surface area contributed by atoms with Crippen molar-refractivity contribution in [3.05, 3.63) is 68.7 Å². The van der Waals surface area contributed by atoms with E-state index in [2.05, 4.69) is 21.2 Å². The summed E-state index contributed by atoms with van der Waals surface area (Å²) in [5.74, 6) is -1.64. The summed E-state index contributed by atoms with van der Waals surface area (Å²) >= 11 is 9.12. The molecule has 21 heavy (non-hydrogen) atoms. The lowest BCUT2D eigenvalue weighted by molar-refractivity contribution is 0.0936. The quantitative estimate of drug-likeness (QED) is 0.816. The van der Waals surface area contributed by atoms with E-state index in [1.807, 2.05) is 0 Å². The molecule has 2 aromatic carbocycles. The van der Waals surface area contributed by atoms with Crippen LogP contribution in [0.25, 0.3) is 0 Å². The molecule has 0 bridgehead atoms. The van der Waals surface area contributed by atoms with E-state index < -0.39 is 23.6 Å². The molecule has 0 aliphatic rings. The lowest BCUT2D eigenvalue weighted by atomic mass is 10.1. The van der Waals surface area contributed by atoms with Crippen LogP contribution in [0.2, 0.25) is 5.02 Å². The molecule has 2 aromatic rings. The van der Waals surface area contributed by atoms with Crippen LogP contribution in [-0.2, 0) is 0 Å². The molecule has 0 radical (unpaired) electrons. The highest BCUT2D eigenvalue weighted by molar-refractivity contribution is 9.10. The van der Waals surface area contributed by atoms with Gasteiger partial charge in [0, 0.05) is 9.50 Å². The van der Waals surface area contributed by atoms with Gasteiger partial charge in [-0.25, -0.2) is 8.78 Å². The van der Waals surface area contributed by atoms with Gasteiger partial charge >= 0.3 is 0 Å². The first-order chi connectivity index (χ1) is 9.88. The molecule has 1 N–H and O–H groups in total. The van der Waals surface area contributed by atoms with Crippen LogP contribution in [0.3, 0.4) is 0 Å². The predicted octanol–water partition coefficient (Wildman–Crippen LogP) is 4.87. The minimum absolute atomic E-state index is 0.0746. The van der Waals surface area contributed by atoms with Gasteiger partial charge in [-0.15, -0.1) is 0 Å². The van der Waals surface area contributed by atoms with E-state index in [4.69, 9.17) is 11.6 Å². The third-order valence-electron chi connectivity index (χ3n) is 2.95. The van der Waals surface area contributed by atoms with Gasteiger partial charge in [0.1, 0.15) is 11.6 Å². The largest absolute Gasteiger partial charge is 0.345 e. The first-order valence-electron chi connectivity index (χ1n) is 6.09. The molecule has 0 saturated heterocycles. The average molecular weight is 375 g/mol. The second-order valence-corrected chi connectivity index (χ2v) is 5.81. The normalized spacial score (nSPS) is 12.0. The second-order valence-electron chi connectivity index (χ2n) is 4.49. The fraction of sp³-hybridized carbons (Fsp3) is 0.133. The van der Waals surface area contributed by atoms with Gasteiger partial charge in [-0.3, -0.25) is 4.79 Å². The summed E-state index contributed by atoms with van der Waals surface area (Å²) in [6, 6.07) is 7.52. The standard InChI is InChI=1S/C15H11BrClF2NO/c1-8(11-4-3-10(18)7-13(11)17)20-15(21)12-6-9(16)2-5-14(12)19/h2-8H,1H3,(H,20,21). The van der Waals surface area contributed by atoms with Crippen LogP contribution in [0.5, 0.6) is 0 Å². The maximum Gasteiger partial charge on any atom is 0.254 e. The molecule has 1 unspecified atom stereocenters. The first-order valence-corrected chi connectivity index (χ1v) is 7.26. The molecule has 6 heteroatoms. The van der Waals surface area contributed by atoms with Crippen molar-refractivity contribution in [1.29, 1.82) is 0 Å². The van der Waals surface area contributed by atoms with E-state index in [-0.39, 0.29) is 10.6 Å². The van der Waals surface area contributed by atoms with Crippen molar-refractivity contribution in [2.75, 3.05) is 0 Å². The van der Waals surface area contributed by atoms with E-state index in [0.717, 1.165) is 0 Å². The number of hydrogen-bond acceptors (Lipinski definition) is 1. The fourth-order valence-corrected chi connectivity index (χ4v) is 2.57. The number of nitrogens with one attached hydrogen (secondary N) is 1. The Balaban J connectivity index is 2.20. The first kappa shape index (κ1) is 15.9. The monoisotopic (exact) mass is 373 g/mol. The Bertz CT molecular complexity index is 693. The zero-order valence-electron chi connectivity index (χ0n) is 11.0. The highest BCUT2D eigenvalue weighted by Gasteiger charge is 2.17. The lowest BCUT2D eigenvalue weighted by Gasteiger charge is -2.16. The molecular weight excluding hydrogens is 364 g/mol. The summed E-state index contributed by atoms with van der Waals surface area (Å²) in [6.45, 7) is 1.69. The number of amides is 1. The summed E-state index contributed by atoms with van der Waals surface area (Å²) in [4.78, 5) is 12.1. The van der Waals surface area contributed by atoms with E-state index in [0.29, 0.717) is 10.0 Å². The van der Waals surface area contributed by atoms with Crippen LogP contribution in [0.1, 0.15) is 28.9 Å². The van der Waals surface area contributed by atoms with E-state index in [1.54, 1.807) is 6.92 Å². The fourth-order valence-electron chi connectivity index (χ4n) is 1.88. The number of rotatable bonds is 3. The van der Waals surface area contributed by atoms with Crippen LogP contribution in [0.4, 0.5) is 8.78 Å². The lowest BCUT2D eigenvalue weighted by Crippen LogP contribution is -2.27. The van der Waals surface area contributed by atoms with Gasteiger partial charge in [0.2, 0.25) is 0 Å². The van der Waals surface area contributed by atoms with Gasteiger partial charge in [-0.2, -0.15) is 0 Å². The Morgan fingerprint density at radius 3 is 2.62 bits per heavy atom. The summed E-state index contributed by atoms with van der Waals surface area (Å²) < 4.78 is 27.3. The molecule has 2 nitrogen and oxygen atoms in total. The SMILES string of the molecule is CC(NC(=O)c1cc(Br)ccc1F)c1ccc(F)cc1Cl. The predicted molar refractivity (Wildman–Crippen MR) is 81.4 cm³/mol. The Labute approximate surface area is 134 Å². The number of carbonyl (C=O) groups excluding carboxylic acids is 1. The minimum atomic E-state index is -0.617. The Kier molecular flexibility index (Phi) is 4.96. The van der Waals surface area contributed by atoms with Crippen LogP contribution in [-0.4, -0.2) is 5.91 Å². The van der Waals surface area contributed by atoms with Crippen molar-refractivity contribution >= 4 is 33.4 Å². The highest BCUT2D eigenvalue weighted by atomic mass is 79.9. The van der Waals surface area contributed by atoms with Crippen LogP contribution in [0.15, 0.2) is 40.9 Å². The molecule has 1 atom stereocenters. The number of halogens is 4. The molecule has 2 rings (SSSR count). The molecule has 0 spiro atoms. The topological polar surface area (TPSA) is 29.1 Å². The summed E-state index contributed by atoms with van der Waals surface area (Å²) in [5.41, 5.74) is 0.483. The molecule has 0 fully saturated rings. The van der Waals surface area contributed by atoms with Crippen LogP contribution in [0, 0.1) is 11.6 Å². The molecule has 0 heterocycles. The van der Waals surface area contributed by atoms with Crippen LogP contribution < -0.4 is 5.32 Å². The maximum absolute atomic E-state index is 13.6. The van der Waals surface area contributed by atoms with Gasteiger partial charge in [0.25, 0.3) is 5.91 Å². The molecule has 110 valence electrons. The smallest absolute Gasteiger partial charge is 0.254 e. The van der Waals surface area contributed by atoms with Gasteiger partial charge < -0.3 is 5.32 Å². The second kappa shape index (κ2) is 6.54. The zero-order valence-corrected chi connectivity index (χ0v) is 13.3. The van der Waals surface area contributed by atoms with Gasteiger partial charge in [0.05, 0.1) is 11.6 Å². The van der Waals surface area contributed by atoms with Crippen molar-refractivity contribution < 1.29 is 13.6 Å². The molecule has 0 saturated carbocycles. The van der Waals surface area contributed by atoms with E-state index >= 15 is 0 Å². The number of hydrogen-bond donors (Lipinski definition) is 1. The molecule has 0 aliphatic carbocycles. The zero-order chi connectivity index (χ0) is 15.6. The van der Waals surface area contributed by atoms with Crippen molar-refractivity contribution in [3.63, 3.8) is 0 Å². The number of carbonyl (C=O) groups is 1. The third kappa shape index (κ3) is 3.80. The maximum atomic E-state index is 13.6. The van der Waals surface area contributed by atoms with Crippen molar-refractivity contribution in [3.8, 4) is 0 Å². The van der Waals surface area contributed by atoms with E-state index in [1.165, 1.54) is 36.4 Å². The van der Waals surface area contributed by atoms with Crippen molar-refractivity contribution in [1.82, 2.24) is 5.32 Å². The minimum Gasteiger partial charge on any atom is -0.345 e. The Morgan fingerprint density at radius 2 is 1.95 bits per heavy atom. The summed E-state index contributed by atoms with van der Waals surface area (Å²) in [6.07, 6.45) is 0. The van der Waals surface area contributed by atoms with Crippen molar-refractivity contribution in [2.24, 2.45) is 0 Å².